The third-order valence-electron chi connectivity index (χ3n) is 3.70. The molecule has 1 aliphatic rings. The van der Waals surface area contributed by atoms with Gasteiger partial charge in [-0.05, 0) is 46.5 Å². The quantitative estimate of drug-likeness (QED) is 0.754. The number of tetrazole rings is 1. The Morgan fingerprint density at radius 3 is 3.05 bits per heavy atom. The number of hydrogen-bond acceptors (Lipinski definition) is 5. The lowest BCUT2D eigenvalue weighted by Gasteiger charge is -2.21. The minimum atomic E-state index is 0.0414. The van der Waals surface area contributed by atoms with Crippen LogP contribution >= 0.6 is 11.3 Å². The molecule has 0 saturated heterocycles. The standard InChI is InChI=1S/C14H14N6OS/c21-14(10-5-12(15-6-10)13-16-18-19-17-13)20(11-1-2-11)7-9-3-4-22-8-9/h3-6,8,11,15H,1-2,7H2,(H,16,17,18,19). The maximum atomic E-state index is 12.8. The molecule has 3 heterocycles. The molecule has 1 saturated carbocycles. The normalized spacial score (nSPS) is 14.2. The maximum absolute atomic E-state index is 12.8. The highest BCUT2D eigenvalue weighted by molar-refractivity contribution is 7.07. The predicted molar refractivity (Wildman–Crippen MR) is 81.2 cm³/mol. The van der Waals surface area contributed by atoms with Gasteiger partial charge in [0.2, 0.25) is 5.82 Å². The van der Waals surface area contributed by atoms with Crippen molar-refractivity contribution >= 4 is 17.2 Å². The molecule has 0 bridgehead atoms. The van der Waals surface area contributed by atoms with Crippen LogP contribution in [0.5, 0.6) is 0 Å². The fourth-order valence-corrected chi connectivity index (χ4v) is 3.08. The summed E-state index contributed by atoms with van der Waals surface area (Å²) in [6, 6.07) is 4.20. The summed E-state index contributed by atoms with van der Waals surface area (Å²) in [4.78, 5) is 17.8. The van der Waals surface area contributed by atoms with E-state index in [2.05, 4.69) is 37.1 Å². The van der Waals surface area contributed by atoms with Crippen LogP contribution in [0.4, 0.5) is 0 Å². The van der Waals surface area contributed by atoms with Crippen molar-refractivity contribution in [3.8, 4) is 11.5 Å². The molecule has 7 nitrogen and oxygen atoms in total. The van der Waals surface area contributed by atoms with Crippen molar-refractivity contribution in [1.82, 2.24) is 30.5 Å². The minimum absolute atomic E-state index is 0.0414. The SMILES string of the molecule is O=C(c1c[nH]c(-c2nn[nH]n2)c1)N(Cc1ccsc1)C1CC1. The predicted octanol–water partition coefficient (Wildman–Crippen LogP) is 2.06. The van der Waals surface area contributed by atoms with E-state index in [0.717, 1.165) is 12.8 Å². The molecular formula is C14H14N6OS. The molecular weight excluding hydrogens is 300 g/mol. The third kappa shape index (κ3) is 2.52. The Labute approximate surface area is 130 Å². The first-order chi connectivity index (χ1) is 10.8. The Bertz CT molecular complexity index is 759. The van der Waals surface area contributed by atoms with E-state index in [1.165, 1.54) is 5.56 Å². The monoisotopic (exact) mass is 314 g/mol. The van der Waals surface area contributed by atoms with Gasteiger partial charge in [-0.2, -0.15) is 16.6 Å². The fourth-order valence-electron chi connectivity index (χ4n) is 2.42. The Morgan fingerprint density at radius 2 is 2.36 bits per heavy atom. The third-order valence-corrected chi connectivity index (χ3v) is 4.43. The van der Waals surface area contributed by atoms with Gasteiger partial charge >= 0.3 is 0 Å². The number of nitrogens with one attached hydrogen (secondary N) is 2. The summed E-state index contributed by atoms with van der Waals surface area (Å²) in [6.07, 6.45) is 3.87. The molecule has 112 valence electrons. The molecule has 1 aliphatic carbocycles. The largest absolute Gasteiger partial charge is 0.358 e. The van der Waals surface area contributed by atoms with E-state index in [-0.39, 0.29) is 5.91 Å². The first-order valence-corrected chi connectivity index (χ1v) is 8.00. The van der Waals surface area contributed by atoms with E-state index < -0.39 is 0 Å². The molecule has 8 heteroatoms. The van der Waals surface area contributed by atoms with Crippen LogP contribution in [0.15, 0.2) is 29.1 Å². The van der Waals surface area contributed by atoms with Crippen LogP contribution in [0.3, 0.4) is 0 Å². The number of aromatic nitrogens is 5. The van der Waals surface area contributed by atoms with E-state index in [9.17, 15) is 4.79 Å². The number of aromatic amines is 2. The summed E-state index contributed by atoms with van der Waals surface area (Å²) < 4.78 is 0. The van der Waals surface area contributed by atoms with Gasteiger partial charge in [-0.1, -0.05) is 0 Å². The van der Waals surface area contributed by atoms with Crippen molar-refractivity contribution in [2.24, 2.45) is 0 Å². The number of nitrogens with zero attached hydrogens (tertiary/aromatic N) is 4. The molecule has 1 fully saturated rings. The molecule has 1 amide bonds. The van der Waals surface area contributed by atoms with Crippen LogP contribution in [0.2, 0.25) is 0 Å². The van der Waals surface area contributed by atoms with E-state index >= 15 is 0 Å². The van der Waals surface area contributed by atoms with Gasteiger partial charge in [-0.25, -0.2) is 0 Å². The molecule has 2 N–H and O–H groups in total. The van der Waals surface area contributed by atoms with E-state index in [1.54, 1.807) is 23.6 Å². The zero-order valence-electron chi connectivity index (χ0n) is 11.7. The van der Waals surface area contributed by atoms with E-state index in [4.69, 9.17) is 0 Å². The topological polar surface area (TPSA) is 90.6 Å². The van der Waals surface area contributed by atoms with Crippen molar-refractivity contribution in [2.75, 3.05) is 0 Å². The van der Waals surface area contributed by atoms with Gasteiger partial charge in [0.25, 0.3) is 5.91 Å². The lowest BCUT2D eigenvalue weighted by Crippen LogP contribution is -2.32. The van der Waals surface area contributed by atoms with Crippen molar-refractivity contribution in [3.63, 3.8) is 0 Å². The van der Waals surface area contributed by atoms with Crippen molar-refractivity contribution in [2.45, 2.75) is 25.4 Å². The molecule has 0 radical (unpaired) electrons. The van der Waals surface area contributed by atoms with Gasteiger partial charge < -0.3 is 9.88 Å². The van der Waals surface area contributed by atoms with Gasteiger partial charge in [0, 0.05) is 18.8 Å². The summed E-state index contributed by atoms with van der Waals surface area (Å²) in [6.45, 7) is 0.662. The second kappa shape index (κ2) is 5.38. The van der Waals surface area contributed by atoms with Crippen LogP contribution in [-0.4, -0.2) is 42.5 Å². The molecule has 0 atom stereocenters. The van der Waals surface area contributed by atoms with Gasteiger partial charge in [0.15, 0.2) is 0 Å². The smallest absolute Gasteiger partial charge is 0.255 e. The van der Waals surface area contributed by atoms with Crippen LogP contribution in [0.25, 0.3) is 11.5 Å². The molecule has 0 unspecified atom stereocenters. The summed E-state index contributed by atoms with van der Waals surface area (Å²) >= 11 is 1.65. The first-order valence-electron chi connectivity index (χ1n) is 7.05. The van der Waals surface area contributed by atoms with Crippen molar-refractivity contribution < 1.29 is 4.79 Å². The van der Waals surface area contributed by atoms with Gasteiger partial charge in [-0.3, -0.25) is 4.79 Å². The van der Waals surface area contributed by atoms with Crippen LogP contribution in [-0.2, 0) is 6.54 Å². The van der Waals surface area contributed by atoms with Gasteiger partial charge in [0.05, 0.1) is 11.3 Å². The average Bonchev–Trinajstić information content (AvgIpc) is 3.01. The number of rotatable bonds is 5. The Morgan fingerprint density at radius 1 is 1.45 bits per heavy atom. The second-order valence-corrected chi connectivity index (χ2v) is 6.11. The molecule has 0 aromatic carbocycles. The molecule has 4 rings (SSSR count). The summed E-state index contributed by atoms with van der Waals surface area (Å²) in [5, 5.41) is 17.9. The van der Waals surface area contributed by atoms with E-state index in [0.29, 0.717) is 29.7 Å². The van der Waals surface area contributed by atoms with Gasteiger partial charge in [0.1, 0.15) is 0 Å². The summed E-state index contributed by atoms with van der Waals surface area (Å²) in [7, 11) is 0. The molecule has 22 heavy (non-hydrogen) atoms. The fraction of sp³-hybridized carbons (Fsp3) is 0.286. The first kappa shape index (κ1) is 13.2. The Kier molecular flexibility index (Phi) is 3.23. The number of thiophene rings is 1. The van der Waals surface area contributed by atoms with E-state index in [1.807, 2.05) is 10.3 Å². The summed E-state index contributed by atoms with van der Waals surface area (Å²) in [5.41, 5.74) is 2.49. The maximum Gasteiger partial charge on any atom is 0.255 e. The summed E-state index contributed by atoms with van der Waals surface area (Å²) in [5.74, 6) is 0.495. The molecule has 0 aliphatic heterocycles. The molecule has 0 spiro atoms. The van der Waals surface area contributed by atoms with Crippen LogP contribution in [0, 0.1) is 0 Å². The van der Waals surface area contributed by atoms with Gasteiger partial charge in [-0.15, -0.1) is 10.2 Å². The average molecular weight is 314 g/mol. The highest BCUT2D eigenvalue weighted by atomic mass is 32.1. The van der Waals surface area contributed by atoms with Crippen molar-refractivity contribution in [1.29, 1.82) is 0 Å². The second-order valence-electron chi connectivity index (χ2n) is 5.33. The Hall–Kier alpha value is -2.48. The number of carbonyl (C=O) groups excluding carboxylic acids is 1. The number of amides is 1. The zero-order valence-corrected chi connectivity index (χ0v) is 12.5. The lowest BCUT2D eigenvalue weighted by molar-refractivity contribution is 0.0730. The van der Waals surface area contributed by atoms with Crippen molar-refractivity contribution in [3.05, 3.63) is 40.2 Å². The lowest BCUT2D eigenvalue weighted by atomic mass is 10.2. The highest BCUT2D eigenvalue weighted by Gasteiger charge is 2.33. The molecule has 3 aromatic heterocycles. The van der Waals surface area contributed by atoms with Crippen LogP contribution in [0.1, 0.15) is 28.8 Å². The Balaban J connectivity index is 1.56. The number of carbonyl (C=O) groups is 1. The number of H-pyrrole nitrogens is 2. The zero-order chi connectivity index (χ0) is 14.9. The molecule has 3 aromatic rings. The highest BCUT2D eigenvalue weighted by Crippen LogP contribution is 2.30. The van der Waals surface area contributed by atoms with Crippen LogP contribution < -0.4 is 0 Å². The minimum Gasteiger partial charge on any atom is -0.358 e. The number of hydrogen-bond donors (Lipinski definition) is 2.